The van der Waals surface area contributed by atoms with Crippen molar-refractivity contribution in [1.82, 2.24) is 0 Å². The van der Waals surface area contributed by atoms with E-state index < -0.39 is 40.4 Å². The van der Waals surface area contributed by atoms with Crippen molar-refractivity contribution in [2.75, 3.05) is 0 Å². The van der Waals surface area contributed by atoms with Crippen molar-refractivity contribution in [2.24, 2.45) is 0 Å². The second kappa shape index (κ2) is 5.20. The molecular weight excluding hydrogens is 320 g/mol. The summed E-state index contributed by atoms with van der Waals surface area (Å²) in [7, 11) is 0. The van der Waals surface area contributed by atoms with Crippen LogP contribution in [0.3, 0.4) is 0 Å². The van der Waals surface area contributed by atoms with Gasteiger partial charge in [-0.1, -0.05) is 12.1 Å². The van der Waals surface area contributed by atoms with Gasteiger partial charge >= 0.3 is 17.6 Å². The number of aromatic hydroxyl groups is 1. The fourth-order valence-corrected chi connectivity index (χ4v) is 2.47. The van der Waals surface area contributed by atoms with E-state index in [1.54, 1.807) is 0 Å². The molecule has 24 heavy (non-hydrogen) atoms. The minimum Gasteiger partial charge on any atom is -0.480 e. The summed E-state index contributed by atoms with van der Waals surface area (Å²) in [5.74, 6) is -5.04. The standard InChI is InChI=1S/C16H8O8/c17-12-9-4-3-7(11(12)14(20)21)6-1-2-8(13(18)19)10(5-6)16(23)24-15(9)22/h1-5,22H,(H,18,19)(H,20,21). The topological polar surface area (TPSA) is 142 Å². The number of ketones is 1. The van der Waals surface area contributed by atoms with Crippen LogP contribution in [-0.4, -0.2) is 33.0 Å². The molecule has 2 aliphatic rings. The van der Waals surface area contributed by atoms with Crippen LogP contribution < -0.4 is 10.8 Å². The van der Waals surface area contributed by atoms with Crippen molar-refractivity contribution < 1.29 is 34.1 Å². The van der Waals surface area contributed by atoms with Gasteiger partial charge in [0.25, 0.3) is 5.95 Å². The molecule has 4 bridgehead atoms. The fourth-order valence-electron chi connectivity index (χ4n) is 2.47. The Morgan fingerprint density at radius 3 is 2.29 bits per heavy atom. The fraction of sp³-hybridized carbons (Fsp3) is 0. The van der Waals surface area contributed by atoms with Crippen LogP contribution in [0.1, 0.15) is 20.7 Å². The third-order valence-corrected chi connectivity index (χ3v) is 3.57. The summed E-state index contributed by atoms with van der Waals surface area (Å²) in [4.78, 5) is 47.0. The molecule has 0 spiro atoms. The van der Waals surface area contributed by atoms with Gasteiger partial charge < -0.3 is 19.7 Å². The molecule has 0 saturated carbocycles. The van der Waals surface area contributed by atoms with Gasteiger partial charge in [0.05, 0.1) is 10.9 Å². The molecule has 8 nitrogen and oxygen atoms in total. The van der Waals surface area contributed by atoms with Crippen LogP contribution in [0.25, 0.3) is 16.3 Å². The van der Waals surface area contributed by atoms with Gasteiger partial charge in [-0.15, -0.1) is 0 Å². The van der Waals surface area contributed by atoms with E-state index in [2.05, 4.69) is 4.42 Å². The van der Waals surface area contributed by atoms with Crippen molar-refractivity contribution >= 4 is 34.1 Å². The lowest BCUT2D eigenvalue weighted by atomic mass is 9.96. The number of hydrogen-bond acceptors (Lipinski definition) is 6. The van der Waals surface area contributed by atoms with Gasteiger partial charge in [0.1, 0.15) is 11.1 Å². The maximum Gasteiger partial charge on any atom is 0.346 e. The van der Waals surface area contributed by atoms with E-state index in [4.69, 9.17) is 5.11 Å². The Kier molecular flexibility index (Phi) is 3.30. The monoisotopic (exact) mass is 328 g/mol. The van der Waals surface area contributed by atoms with E-state index in [1.807, 2.05) is 0 Å². The average Bonchev–Trinajstić information content (AvgIpc) is 2.52. The van der Waals surface area contributed by atoms with Gasteiger partial charge in [-0.2, -0.15) is 0 Å². The molecule has 1 aromatic heterocycles. The zero-order chi connectivity index (χ0) is 17.6. The highest BCUT2D eigenvalue weighted by atomic mass is 16.5. The van der Waals surface area contributed by atoms with Gasteiger partial charge in [0.15, 0.2) is 0 Å². The van der Waals surface area contributed by atoms with Gasteiger partial charge in [0.2, 0.25) is 5.78 Å². The van der Waals surface area contributed by atoms with Crippen LogP contribution >= 0.6 is 0 Å². The first kappa shape index (κ1) is 15.2. The highest BCUT2D eigenvalue weighted by Gasteiger charge is 2.26. The maximum absolute atomic E-state index is 12.3. The number of aliphatic carboxylic acids is 1. The Labute approximate surface area is 132 Å². The van der Waals surface area contributed by atoms with E-state index in [1.165, 1.54) is 12.1 Å². The average molecular weight is 328 g/mol. The van der Waals surface area contributed by atoms with Crippen LogP contribution in [0.5, 0.6) is 5.95 Å². The largest absolute Gasteiger partial charge is 0.480 e. The third kappa shape index (κ3) is 2.17. The number of carboxylic acids is 2. The number of carboxylic acid groups (broad SMARTS) is 2. The maximum atomic E-state index is 12.3. The number of carbonyl (C=O) groups is 3. The zero-order valence-corrected chi connectivity index (χ0v) is 11.8. The lowest BCUT2D eigenvalue weighted by Gasteiger charge is -2.08. The van der Waals surface area contributed by atoms with Crippen LogP contribution in [0, 0.1) is 0 Å². The molecule has 0 atom stereocenters. The number of hydrogen-bond donors (Lipinski definition) is 3. The molecule has 1 aliphatic heterocycles. The first-order valence-electron chi connectivity index (χ1n) is 6.54. The van der Waals surface area contributed by atoms with Gasteiger partial charge in [0, 0.05) is 5.22 Å². The molecule has 0 saturated heterocycles. The molecule has 0 fully saturated rings. The van der Waals surface area contributed by atoms with Crippen LogP contribution in [0.2, 0.25) is 0 Å². The van der Waals surface area contributed by atoms with E-state index in [0.29, 0.717) is 0 Å². The van der Waals surface area contributed by atoms with Gasteiger partial charge in [-0.3, -0.25) is 4.79 Å². The van der Waals surface area contributed by atoms with Crippen molar-refractivity contribution in [3.8, 4) is 5.95 Å². The molecule has 8 heteroatoms. The molecule has 3 N–H and O–H groups in total. The molecule has 0 unspecified atom stereocenters. The molecule has 1 aliphatic carbocycles. The number of Topliss-reactive ketones (excluding diaryl/α,β-unsaturated/α-hetero) is 1. The number of rotatable bonds is 2. The van der Waals surface area contributed by atoms with Crippen molar-refractivity contribution in [2.45, 2.75) is 0 Å². The summed E-state index contributed by atoms with van der Waals surface area (Å²) < 4.78 is 4.63. The molecule has 2 heterocycles. The van der Waals surface area contributed by atoms with Crippen LogP contribution in [-0.2, 0) is 4.79 Å². The zero-order valence-electron chi connectivity index (χ0n) is 11.8. The Bertz CT molecular complexity index is 1110. The number of aromatic carboxylic acids is 1. The number of benzene rings is 1. The quantitative estimate of drug-likeness (QED) is 0.722. The van der Waals surface area contributed by atoms with E-state index in [9.17, 15) is 29.4 Å². The third-order valence-electron chi connectivity index (χ3n) is 3.57. The molecule has 4 rings (SSSR count). The lowest BCUT2D eigenvalue weighted by molar-refractivity contribution is -0.130. The highest BCUT2D eigenvalue weighted by molar-refractivity contribution is 6.44. The molecule has 0 amide bonds. The predicted octanol–water partition coefficient (Wildman–Crippen LogP) is 0.472. The lowest BCUT2D eigenvalue weighted by Crippen LogP contribution is -2.24. The second-order valence-corrected chi connectivity index (χ2v) is 4.93. The Morgan fingerprint density at radius 2 is 1.67 bits per heavy atom. The minimum absolute atomic E-state index is 0.00283. The minimum atomic E-state index is -1.53. The summed E-state index contributed by atoms with van der Waals surface area (Å²) in [6.45, 7) is 0. The summed E-state index contributed by atoms with van der Waals surface area (Å²) in [5.41, 5.74) is -2.69. The first-order chi connectivity index (χ1) is 11.3. The smallest absolute Gasteiger partial charge is 0.346 e. The van der Waals surface area contributed by atoms with Crippen molar-refractivity contribution in [1.29, 1.82) is 0 Å². The molecule has 2 aromatic rings. The Hall–Kier alpha value is -3.68. The van der Waals surface area contributed by atoms with Crippen LogP contribution in [0.4, 0.5) is 0 Å². The van der Waals surface area contributed by atoms with Crippen LogP contribution in [0.15, 0.2) is 39.5 Å². The normalized spacial score (nSPS) is 12.3. The molecule has 1 aromatic carbocycles. The van der Waals surface area contributed by atoms with E-state index in [0.717, 1.165) is 18.2 Å². The molecule has 0 radical (unpaired) electrons. The van der Waals surface area contributed by atoms with E-state index >= 15 is 0 Å². The molecule has 120 valence electrons. The van der Waals surface area contributed by atoms with Crippen molar-refractivity contribution in [3.63, 3.8) is 0 Å². The highest BCUT2D eigenvalue weighted by Crippen LogP contribution is 2.21. The van der Waals surface area contributed by atoms with E-state index in [-0.39, 0.29) is 21.6 Å². The predicted molar refractivity (Wildman–Crippen MR) is 79.3 cm³/mol. The molecular formula is C16H8O8. The summed E-state index contributed by atoms with van der Waals surface area (Å²) in [6, 6.07) is 5.88. The van der Waals surface area contributed by atoms with Gasteiger partial charge in [-0.05, 0) is 23.6 Å². The number of carbonyl (C=O) groups excluding carboxylic acids is 1. The Morgan fingerprint density at radius 1 is 0.958 bits per heavy atom. The number of fused-ring (bicyclic) bond motifs is 4. The van der Waals surface area contributed by atoms with Gasteiger partial charge in [-0.25, -0.2) is 14.4 Å². The SMILES string of the molecule is O=C(O)C1=c2ccc(c(O)oc(=O)c3cc2ccc3C(=O)O)C1=O. The second-order valence-electron chi connectivity index (χ2n) is 4.93. The van der Waals surface area contributed by atoms with Crippen molar-refractivity contribution in [3.05, 3.63) is 57.1 Å². The summed E-state index contributed by atoms with van der Waals surface area (Å²) in [6.07, 6.45) is 0. The summed E-state index contributed by atoms with van der Waals surface area (Å²) in [5, 5.41) is 28.0. The summed E-state index contributed by atoms with van der Waals surface area (Å²) >= 11 is 0. The first-order valence-corrected chi connectivity index (χ1v) is 6.54. The Balaban J connectivity index is 2.70.